The molecule has 0 bridgehead atoms. The highest BCUT2D eigenvalue weighted by Crippen LogP contribution is 2.33. The number of alkyl halides is 1. The number of aromatic nitrogens is 1. The first-order valence-electron chi connectivity index (χ1n) is 5.01. The van der Waals surface area contributed by atoms with Gasteiger partial charge in [-0.2, -0.15) is 0 Å². The quantitative estimate of drug-likeness (QED) is 0.758. The van der Waals surface area contributed by atoms with E-state index < -0.39 is 0 Å². The molecule has 0 saturated carbocycles. The summed E-state index contributed by atoms with van der Waals surface area (Å²) in [5, 5.41) is -0.232. The molecule has 0 aliphatic carbocycles. The van der Waals surface area contributed by atoms with Crippen molar-refractivity contribution in [2.75, 3.05) is 7.11 Å². The van der Waals surface area contributed by atoms with Crippen LogP contribution in [-0.4, -0.2) is 12.1 Å². The van der Waals surface area contributed by atoms with Gasteiger partial charge in [0.25, 0.3) is 0 Å². The molecule has 0 radical (unpaired) electrons. The standard InChI is InChI=1S/C13H12ClNO/c1-16-13-11(8-5-9-15-13)12(14)10-6-3-2-4-7-10/h2-9,12H,1H3. The minimum atomic E-state index is -0.232. The number of halogens is 1. The van der Waals surface area contributed by atoms with Crippen molar-refractivity contribution in [3.8, 4) is 5.88 Å². The van der Waals surface area contributed by atoms with E-state index in [4.69, 9.17) is 16.3 Å². The molecule has 0 aliphatic rings. The summed E-state index contributed by atoms with van der Waals surface area (Å²) in [7, 11) is 1.60. The molecule has 16 heavy (non-hydrogen) atoms. The van der Waals surface area contributed by atoms with E-state index in [0.717, 1.165) is 11.1 Å². The number of pyridine rings is 1. The fraction of sp³-hybridized carbons (Fsp3) is 0.154. The molecular formula is C13H12ClNO. The zero-order chi connectivity index (χ0) is 11.4. The Hall–Kier alpha value is -1.54. The van der Waals surface area contributed by atoms with Gasteiger partial charge in [0.2, 0.25) is 5.88 Å². The Morgan fingerprint density at radius 3 is 2.56 bits per heavy atom. The molecule has 0 saturated heterocycles. The lowest BCUT2D eigenvalue weighted by molar-refractivity contribution is 0.393. The molecule has 1 atom stereocenters. The van der Waals surface area contributed by atoms with Gasteiger partial charge >= 0.3 is 0 Å². The number of nitrogens with zero attached hydrogens (tertiary/aromatic N) is 1. The van der Waals surface area contributed by atoms with Crippen molar-refractivity contribution >= 4 is 11.6 Å². The van der Waals surface area contributed by atoms with Gasteiger partial charge in [-0.15, -0.1) is 11.6 Å². The number of ether oxygens (including phenoxy) is 1. The van der Waals surface area contributed by atoms with Crippen molar-refractivity contribution in [2.24, 2.45) is 0 Å². The van der Waals surface area contributed by atoms with Gasteiger partial charge in [-0.05, 0) is 11.6 Å². The summed E-state index contributed by atoms with van der Waals surface area (Å²) < 4.78 is 5.19. The lowest BCUT2D eigenvalue weighted by Crippen LogP contribution is -1.98. The van der Waals surface area contributed by atoms with Gasteiger partial charge in [-0.25, -0.2) is 4.98 Å². The predicted molar refractivity (Wildman–Crippen MR) is 64.9 cm³/mol. The van der Waals surface area contributed by atoms with Crippen molar-refractivity contribution in [3.63, 3.8) is 0 Å². The van der Waals surface area contributed by atoms with E-state index in [1.807, 2.05) is 42.5 Å². The van der Waals surface area contributed by atoms with E-state index in [1.54, 1.807) is 13.3 Å². The van der Waals surface area contributed by atoms with Gasteiger partial charge in [0, 0.05) is 11.8 Å². The summed E-state index contributed by atoms with van der Waals surface area (Å²) in [4.78, 5) is 4.14. The number of benzene rings is 1. The lowest BCUT2D eigenvalue weighted by Gasteiger charge is -2.12. The molecule has 3 heteroatoms. The van der Waals surface area contributed by atoms with Crippen LogP contribution in [0.15, 0.2) is 48.7 Å². The predicted octanol–water partition coefficient (Wildman–Crippen LogP) is 3.42. The number of rotatable bonds is 3. The Balaban J connectivity index is 2.37. The monoisotopic (exact) mass is 233 g/mol. The first-order valence-corrected chi connectivity index (χ1v) is 5.44. The summed E-state index contributed by atoms with van der Waals surface area (Å²) in [6.45, 7) is 0. The van der Waals surface area contributed by atoms with Gasteiger partial charge in [0.05, 0.1) is 12.5 Å². The topological polar surface area (TPSA) is 22.1 Å². The second-order valence-electron chi connectivity index (χ2n) is 3.38. The Bertz CT molecular complexity index is 458. The molecule has 0 spiro atoms. The van der Waals surface area contributed by atoms with Crippen molar-refractivity contribution in [3.05, 3.63) is 59.8 Å². The molecule has 0 amide bonds. The Morgan fingerprint density at radius 2 is 1.88 bits per heavy atom. The average Bonchev–Trinajstić information content (AvgIpc) is 2.39. The van der Waals surface area contributed by atoms with E-state index >= 15 is 0 Å². The van der Waals surface area contributed by atoms with Crippen molar-refractivity contribution in [1.29, 1.82) is 0 Å². The van der Waals surface area contributed by atoms with E-state index in [9.17, 15) is 0 Å². The van der Waals surface area contributed by atoms with Gasteiger partial charge in [-0.3, -0.25) is 0 Å². The van der Waals surface area contributed by atoms with Crippen molar-refractivity contribution in [1.82, 2.24) is 4.98 Å². The van der Waals surface area contributed by atoms with Gasteiger partial charge in [-0.1, -0.05) is 36.4 Å². The van der Waals surface area contributed by atoms with Crippen molar-refractivity contribution in [2.45, 2.75) is 5.38 Å². The lowest BCUT2D eigenvalue weighted by atomic mass is 10.1. The fourth-order valence-electron chi connectivity index (χ4n) is 1.57. The SMILES string of the molecule is COc1ncccc1C(Cl)c1ccccc1. The Kier molecular flexibility index (Phi) is 3.42. The fourth-order valence-corrected chi connectivity index (χ4v) is 1.88. The summed E-state index contributed by atoms with van der Waals surface area (Å²) in [6.07, 6.45) is 1.69. The minimum absolute atomic E-state index is 0.232. The molecule has 2 rings (SSSR count). The smallest absolute Gasteiger partial charge is 0.218 e. The van der Waals surface area contributed by atoms with Crippen LogP contribution >= 0.6 is 11.6 Å². The van der Waals surface area contributed by atoms with Crippen LogP contribution in [0, 0.1) is 0 Å². The van der Waals surface area contributed by atoms with E-state index in [2.05, 4.69) is 4.98 Å². The Morgan fingerprint density at radius 1 is 1.12 bits per heavy atom. The molecule has 1 aromatic heterocycles. The highest BCUT2D eigenvalue weighted by atomic mass is 35.5. The van der Waals surface area contributed by atoms with E-state index in [1.165, 1.54) is 0 Å². The molecule has 2 aromatic rings. The van der Waals surface area contributed by atoms with E-state index in [-0.39, 0.29) is 5.38 Å². The van der Waals surface area contributed by atoms with Crippen LogP contribution in [0.5, 0.6) is 5.88 Å². The maximum absolute atomic E-state index is 6.40. The van der Waals surface area contributed by atoms with Gasteiger partial charge < -0.3 is 4.74 Å². The van der Waals surface area contributed by atoms with Crippen LogP contribution in [0.25, 0.3) is 0 Å². The molecule has 0 fully saturated rings. The number of methoxy groups -OCH3 is 1. The summed E-state index contributed by atoms with van der Waals surface area (Å²) in [5.74, 6) is 0.575. The second kappa shape index (κ2) is 4.99. The number of hydrogen-bond donors (Lipinski definition) is 0. The van der Waals surface area contributed by atoms with Crippen LogP contribution in [0.3, 0.4) is 0 Å². The molecule has 2 nitrogen and oxygen atoms in total. The van der Waals surface area contributed by atoms with Crippen LogP contribution in [0.1, 0.15) is 16.5 Å². The molecular weight excluding hydrogens is 222 g/mol. The third kappa shape index (κ3) is 2.17. The second-order valence-corrected chi connectivity index (χ2v) is 3.81. The zero-order valence-corrected chi connectivity index (χ0v) is 9.69. The summed E-state index contributed by atoms with van der Waals surface area (Å²) in [5.41, 5.74) is 1.92. The largest absolute Gasteiger partial charge is 0.481 e. The minimum Gasteiger partial charge on any atom is -0.481 e. The first kappa shape index (κ1) is 11.0. The van der Waals surface area contributed by atoms with Crippen molar-refractivity contribution < 1.29 is 4.74 Å². The normalized spacial score (nSPS) is 12.1. The summed E-state index contributed by atoms with van der Waals surface area (Å²) in [6, 6.07) is 13.7. The Labute approximate surface area is 99.9 Å². The average molecular weight is 234 g/mol. The number of hydrogen-bond acceptors (Lipinski definition) is 2. The highest BCUT2D eigenvalue weighted by molar-refractivity contribution is 6.22. The third-order valence-corrected chi connectivity index (χ3v) is 2.85. The van der Waals surface area contributed by atoms with Crippen LogP contribution < -0.4 is 4.74 Å². The van der Waals surface area contributed by atoms with Crippen LogP contribution in [0.4, 0.5) is 0 Å². The van der Waals surface area contributed by atoms with Crippen LogP contribution in [-0.2, 0) is 0 Å². The molecule has 1 aromatic carbocycles. The van der Waals surface area contributed by atoms with E-state index in [0.29, 0.717) is 5.88 Å². The first-order chi connectivity index (χ1) is 7.83. The molecule has 0 aliphatic heterocycles. The molecule has 82 valence electrons. The van der Waals surface area contributed by atoms with Gasteiger partial charge in [0.1, 0.15) is 0 Å². The van der Waals surface area contributed by atoms with Crippen LogP contribution in [0.2, 0.25) is 0 Å². The molecule has 0 N–H and O–H groups in total. The summed E-state index contributed by atoms with van der Waals surface area (Å²) >= 11 is 6.40. The molecule has 1 heterocycles. The molecule has 1 unspecified atom stereocenters. The maximum Gasteiger partial charge on any atom is 0.218 e. The van der Waals surface area contributed by atoms with Gasteiger partial charge in [0.15, 0.2) is 0 Å². The third-order valence-electron chi connectivity index (χ3n) is 2.36. The highest BCUT2D eigenvalue weighted by Gasteiger charge is 2.15. The zero-order valence-electron chi connectivity index (χ0n) is 8.93. The maximum atomic E-state index is 6.40.